The van der Waals surface area contributed by atoms with Gasteiger partial charge in [0.2, 0.25) is 5.91 Å². The molecule has 45 heavy (non-hydrogen) atoms. The molecular formula is C34H34ClFN6O2S. The third-order valence-corrected chi connectivity index (χ3v) is 8.86. The average molecular weight is 645 g/mol. The summed E-state index contributed by atoms with van der Waals surface area (Å²) in [7, 11) is 1.85. The van der Waals surface area contributed by atoms with E-state index in [0.29, 0.717) is 41.1 Å². The second kappa shape index (κ2) is 15.2. The zero-order valence-electron chi connectivity index (χ0n) is 25.0. The summed E-state index contributed by atoms with van der Waals surface area (Å²) < 4.78 is 15.2. The first kappa shape index (κ1) is 32.2. The largest absolute Gasteiger partial charge is 0.336 e. The van der Waals surface area contributed by atoms with E-state index in [1.165, 1.54) is 23.9 Å². The van der Waals surface area contributed by atoms with Crippen molar-refractivity contribution in [3.63, 3.8) is 0 Å². The Morgan fingerprint density at radius 2 is 1.71 bits per heavy atom. The lowest BCUT2D eigenvalue weighted by atomic mass is 9.98. The molecule has 1 amide bonds. The summed E-state index contributed by atoms with van der Waals surface area (Å²) in [6.45, 7) is 3.44. The van der Waals surface area contributed by atoms with Crippen molar-refractivity contribution in [2.75, 3.05) is 20.1 Å². The van der Waals surface area contributed by atoms with Crippen LogP contribution >= 0.6 is 23.4 Å². The molecule has 0 saturated carbocycles. The molecule has 8 nitrogen and oxygen atoms in total. The van der Waals surface area contributed by atoms with Crippen molar-refractivity contribution in [3.8, 4) is 11.1 Å². The topological polar surface area (TPSA) is 95.9 Å². The highest BCUT2D eigenvalue weighted by atomic mass is 35.5. The van der Waals surface area contributed by atoms with Crippen molar-refractivity contribution in [3.05, 3.63) is 135 Å². The number of hydrogen-bond donors (Lipinski definition) is 2. The minimum atomic E-state index is -0.359. The van der Waals surface area contributed by atoms with Crippen LogP contribution in [0.1, 0.15) is 35.1 Å². The maximum Gasteiger partial charge on any atom is 0.277 e. The van der Waals surface area contributed by atoms with Crippen LogP contribution in [0, 0.1) is 5.82 Å². The summed E-state index contributed by atoms with van der Waals surface area (Å²) in [5.41, 5.74) is 4.95. The van der Waals surface area contributed by atoms with E-state index in [4.69, 9.17) is 11.6 Å². The van der Waals surface area contributed by atoms with E-state index >= 15 is 0 Å². The number of nitrogens with zero attached hydrogens (tertiary/aromatic N) is 4. The van der Waals surface area contributed by atoms with Crippen molar-refractivity contribution in [2.45, 2.75) is 36.8 Å². The number of H-pyrrole nitrogens is 1. The first-order valence-corrected chi connectivity index (χ1v) is 15.9. The number of thioether (sulfide) groups is 1. The van der Waals surface area contributed by atoms with Gasteiger partial charge in [0.15, 0.2) is 5.16 Å². The fraction of sp³-hybridized carbons (Fsp3) is 0.235. The minimum Gasteiger partial charge on any atom is -0.336 e. The van der Waals surface area contributed by atoms with Gasteiger partial charge in [0.25, 0.3) is 5.56 Å². The summed E-state index contributed by atoms with van der Waals surface area (Å²) in [5.74, 6) is -0.242. The number of benzene rings is 3. The van der Waals surface area contributed by atoms with Crippen LogP contribution in [0.5, 0.6) is 0 Å². The number of aromatic amines is 1. The van der Waals surface area contributed by atoms with E-state index in [2.05, 4.69) is 20.5 Å². The normalized spacial score (nSPS) is 11.8. The average Bonchev–Trinajstić information content (AvgIpc) is 3.59. The monoisotopic (exact) mass is 644 g/mol. The highest BCUT2D eigenvalue weighted by molar-refractivity contribution is 7.98. The lowest BCUT2D eigenvalue weighted by molar-refractivity contribution is -0.132. The first-order chi connectivity index (χ1) is 21.8. The van der Waals surface area contributed by atoms with Crippen LogP contribution in [-0.2, 0) is 23.6 Å². The van der Waals surface area contributed by atoms with E-state index in [-0.39, 0.29) is 29.7 Å². The van der Waals surface area contributed by atoms with E-state index < -0.39 is 0 Å². The number of carbonyl (C=O) groups excluding carboxylic acids is 1. The molecule has 1 unspecified atom stereocenters. The Morgan fingerprint density at radius 3 is 2.36 bits per heavy atom. The molecule has 0 saturated heterocycles. The molecule has 2 N–H and O–H groups in total. The van der Waals surface area contributed by atoms with Gasteiger partial charge in [-0.1, -0.05) is 78.8 Å². The lowest BCUT2D eigenvalue weighted by Crippen LogP contribution is -2.38. The number of nitrogens with one attached hydrogen (secondary N) is 2. The number of halogens is 2. The quantitative estimate of drug-likeness (QED) is 0.119. The van der Waals surface area contributed by atoms with Crippen molar-refractivity contribution < 1.29 is 9.18 Å². The van der Waals surface area contributed by atoms with Gasteiger partial charge in [-0.2, -0.15) is 10.1 Å². The van der Waals surface area contributed by atoms with Crippen LogP contribution in [0.4, 0.5) is 4.39 Å². The Hall–Kier alpha value is -4.25. The Labute approximate surface area is 270 Å². The molecule has 0 spiro atoms. The van der Waals surface area contributed by atoms with E-state index in [0.717, 1.165) is 27.8 Å². The molecule has 3 aromatic carbocycles. The van der Waals surface area contributed by atoms with Gasteiger partial charge in [0.05, 0.1) is 6.20 Å². The number of rotatable bonds is 13. The molecule has 0 fully saturated rings. The van der Waals surface area contributed by atoms with E-state index in [1.807, 2.05) is 62.5 Å². The predicted octanol–water partition coefficient (Wildman–Crippen LogP) is 6.12. The standard InChI is InChI=1S/C34H34ClFN6O2S/c1-23(28-17-38-39-18-28)31-20-42(34(40-33(31)44)45-22-25-5-13-30(36)14-6-25)21-32(43)41(16-15-37-2)19-24-3-7-26(8-4-24)27-9-11-29(35)12-10-27/h3-14,17-18,20,23,37H,15-16,19,21-22H2,1-2H3,(H,38,39). The molecule has 5 aromatic rings. The molecule has 232 valence electrons. The third kappa shape index (κ3) is 8.48. The first-order valence-electron chi connectivity index (χ1n) is 14.5. The van der Waals surface area contributed by atoms with Crippen LogP contribution < -0.4 is 10.9 Å². The van der Waals surface area contributed by atoms with Crippen LogP contribution in [0.2, 0.25) is 5.02 Å². The van der Waals surface area contributed by atoms with Gasteiger partial charge in [-0.3, -0.25) is 14.7 Å². The molecule has 0 aliphatic rings. The van der Waals surface area contributed by atoms with Crippen LogP contribution in [0.3, 0.4) is 0 Å². The summed E-state index contributed by atoms with van der Waals surface area (Å²) in [6.07, 6.45) is 5.15. The maximum atomic E-state index is 13.9. The Balaban J connectivity index is 1.39. The molecule has 0 aliphatic heterocycles. The van der Waals surface area contributed by atoms with Crippen molar-refractivity contribution in [2.24, 2.45) is 0 Å². The summed E-state index contributed by atoms with van der Waals surface area (Å²) in [5, 5.41) is 11.0. The van der Waals surface area contributed by atoms with Crippen LogP contribution in [0.25, 0.3) is 11.1 Å². The van der Waals surface area contributed by atoms with Gasteiger partial charge in [0.1, 0.15) is 12.4 Å². The molecule has 1 atom stereocenters. The highest BCUT2D eigenvalue weighted by Gasteiger charge is 2.21. The second-order valence-corrected chi connectivity index (χ2v) is 12.1. The SMILES string of the molecule is CNCCN(Cc1ccc(-c2ccc(Cl)cc2)cc1)C(=O)Cn1cc(C(C)c2cn[nH]c2)c(=O)nc1SCc1ccc(F)cc1. The number of carbonyl (C=O) groups is 1. The summed E-state index contributed by atoms with van der Waals surface area (Å²) in [6, 6.07) is 22.0. The molecular weight excluding hydrogens is 611 g/mol. The van der Waals surface area contributed by atoms with Gasteiger partial charge in [0, 0.05) is 54.3 Å². The maximum absolute atomic E-state index is 13.9. The van der Waals surface area contributed by atoms with Crippen LogP contribution in [0.15, 0.2) is 101 Å². The van der Waals surface area contributed by atoms with Crippen LogP contribution in [-0.4, -0.2) is 50.7 Å². The second-order valence-electron chi connectivity index (χ2n) is 10.7. The summed E-state index contributed by atoms with van der Waals surface area (Å²) in [4.78, 5) is 33.3. The zero-order valence-corrected chi connectivity index (χ0v) is 26.6. The number of amides is 1. The predicted molar refractivity (Wildman–Crippen MR) is 177 cm³/mol. The molecule has 0 bridgehead atoms. The number of hydrogen-bond acceptors (Lipinski definition) is 6. The van der Waals surface area contributed by atoms with Gasteiger partial charge in [-0.25, -0.2) is 4.39 Å². The Kier molecular flexibility index (Phi) is 10.8. The number of likely N-dealkylation sites (N-methyl/N-ethyl adjacent to an activating group) is 1. The van der Waals surface area contributed by atoms with Crippen molar-refractivity contribution in [1.82, 2.24) is 30.0 Å². The number of aromatic nitrogens is 4. The van der Waals surface area contributed by atoms with Gasteiger partial charge in [-0.05, 0) is 59.1 Å². The lowest BCUT2D eigenvalue weighted by Gasteiger charge is -2.24. The minimum absolute atomic E-state index is 0.00326. The Morgan fingerprint density at radius 1 is 1.04 bits per heavy atom. The fourth-order valence-corrected chi connectivity index (χ4v) is 5.92. The highest BCUT2D eigenvalue weighted by Crippen LogP contribution is 2.26. The smallest absolute Gasteiger partial charge is 0.277 e. The molecule has 0 radical (unpaired) electrons. The molecule has 0 aliphatic carbocycles. The van der Waals surface area contributed by atoms with Gasteiger partial charge >= 0.3 is 0 Å². The zero-order chi connectivity index (χ0) is 31.8. The van der Waals surface area contributed by atoms with Gasteiger partial charge in [-0.15, -0.1) is 0 Å². The van der Waals surface area contributed by atoms with Crippen molar-refractivity contribution in [1.29, 1.82) is 0 Å². The van der Waals surface area contributed by atoms with E-state index in [1.54, 1.807) is 40.2 Å². The molecule has 11 heteroatoms. The molecule has 5 rings (SSSR count). The third-order valence-electron chi connectivity index (χ3n) is 7.55. The van der Waals surface area contributed by atoms with Crippen molar-refractivity contribution >= 4 is 29.3 Å². The Bertz CT molecular complexity index is 1760. The molecule has 2 aromatic heterocycles. The summed E-state index contributed by atoms with van der Waals surface area (Å²) >= 11 is 7.38. The fourth-order valence-electron chi connectivity index (χ4n) is 4.87. The van der Waals surface area contributed by atoms with Gasteiger partial charge < -0.3 is 14.8 Å². The van der Waals surface area contributed by atoms with E-state index in [9.17, 15) is 14.0 Å². The molecule has 2 heterocycles.